The van der Waals surface area contributed by atoms with Crippen molar-refractivity contribution in [2.24, 2.45) is 0 Å². The van der Waals surface area contributed by atoms with Crippen LogP contribution in [0.1, 0.15) is 45.4 Å². The maximum absolute atomic E-state index is 11.9. The number of carbonyl (C=O) groups is 1. The highest BCUT2D eigenvalue weighted by Crippen LogP contribution is 2.24. The zero-order chi connectivity index (χ0) is 16.6. The highest BCUT2D eigenvalue weighted by molar-refractivity contribution is 7.86. The molecule has 0 saturated carbocycles. The second-order valence-electron chi connectivity index (χ2n) is 5.01. The second-order valence-corrected chi connectivity index (χ2v) is 6.93. The molecule has 0 aliphatic heterocycles. The molecule has 1 N–H and O–H groups in total. The van der Waals surface area contributed by atoms with E-state index < -0.39 is 26.4 Å². The van der Waals surface area contributed by atoms with Crippen LogP contribution in [0.3, 0.4) is 0 Å². The lowest BCUT2D eigenvalue weighted by Gasteiger charge is -2.11. The second kappa shape index (κ2) is 9.12. The zero-order valence-corrected chi connectivity index (χ0v) is 14.1. The van der Waals surface area contributed by atoms with Gasteiger partial charge in [-0.25, -0.2) is 0 Å². The van der Waals surface area contributed by atoms with E-state index in [1.807, 2.05) is 0 Å². The molecule has 5 nitrogen and oxygen atoms in total. The number of halogens is 1. The highest BCUT2D eigenvalue weighted by atomic mass is 35.5. The maximum Gasteiger partial charge on any atom is 0.329 e. The van der Waals surface area contributed by atoms with E-state index >= 15 is 0 Å². The number of benzene rings is 1. The third-order valence-electron chi connectivity index (χ3n) is 3.15. The Bertz CT molecular complexity index is 585. The number of unbranched alkanes of at least 4 members (excludes halogenated alkanes) is 4. The highest BCUT2D eigenvalue weighted by Gasteiger charge is 2.22. The number of ether oxygens (including phenoxy) is 1. The molecule has 7 heteroatoms. The van der Waals surface area contributed by atoms with E-state index in [4.69, 9.17) is 20.9 Å². The normalized spacial score (nSPS) is 12.9. The first kappa shape index (κ1) is 18.9. The van der Waals surface area contributed by atoms with Crippen LogP contribution in [0.25, 0.3) is 0 Å². The molecule has 0 radical (unpaired) electrons. The first-order valence-corrected chi connectivity index (χ1v) is 9.16. The summed E-state index contributed by atoms with van der Waals surface area (Å²) in [6.45, 7) is 2.12. The lowest BCUT2D eigenvalue weighted by molar-refractivity contribution is -0.134. The van der Waals surface area contributed by atoms with E-state index in [-0.39, 0.29) is 5.75 Å². The topological polar surface area (TPSA) is 80.7 Å². The molecule has 0 aliphatic carbocycles. The van der Waals surface area contributed by atoms with Crippen molar-refractivity contribution in [2.45, 2.75) is 55.7 Å². The number of carbonyl (C=O) groups excluding carboxylic acids is 1. The van der Waals surface area contributed by atoms with Crippen LogP contribution in [0, 0.1) is 0 Å². The molecule has 124 valence electrons. The summed E-state index contributed by atoms with van der Waals surface area (Å²) in [5.74, 6) is -0.931. The van der Waals surface area contributed by atoms with E-state index in [0.717, 1.165) is 38.2 Å². The number of para-hydroxylation sites is 1. The van der Waals surface area contributed by atoms with Gasteiger partial charge >= 0.3 is 5.97 Å². The van der Waals surface area contributed by atoms with Crippen molar-refractivity contribution in [3.63, 3.8) is 0 Å². The van der Waals surface area contributed by atoms with Gasteiger partial charge in [-0.3, -0.25) is 9.35 Å². The minimum absolute atomic E-state index is 0.216. The SMILES string of the molecule is CCCCCCCC(Cl)C(=O)Oc1ccccc1S(=O)(=O)O. The van der Waals surface area contributed by atoms with E-state index in [0.29, 0.717) is 6.42 Å². The molecule has 0 saturated heterocycles. The Hall–Kier alpha value is -1.11. The quantitative estimate of drug-likeness (QED) is 0.241. The number of esters is 1. The Balaban J connectivity index is 2.58. The summed E-state index contributed by atoms with van der Waals surface area (Å²) in [7, 11) is -4.45. The number of hydrogen-bond donors (Lipinski definition) is 1. The minimum atomic E-state index is -4.45. The zero-order valence-electron chi connectivity index (χ0n) is 12.5. The molecule has 1 aromatic rings. The first-order valence-electron chi connectivity index (χ1n) is 7.28. The maximum atomic E-state index is 11.9. The molecule has 1 unspecified atom stereocenters. The van der Waals surface area contributed by atoms with Crippen molar-refractivity contribution in [1.82, 2.24) is 0 Å². The van der Waals surface area contributed by atoms with Crippen LogP contribution in [-0.2, 0) is 14.9 Å². The summed E-state index contributed by atoms with van der Waals surface area (Å²) in [5.41, 5.74) is 0. The average Bonchev–Trinajstić information content (AvgIpc) is 2.46. The van der Waals surface area contributed by atoms with Crippen molar-refractivity contribution in [2.75, 3.05) is 0 Å². The van der Waals surface area contributed by atoms with Crippen LogP contribution < -0.4 is 4.74 Å². The van der Waals surface area contributed by atoms with E-state index in [9.17, 15) is 13.2 Å². The first-order chi connectivity index (χ1) is 10.4. The Labute approximate surface area is 136 Å². The van der Waals surface area contributed by atoms with Gasteiger partial charge < -0.3 is 4.74 Å². The Morgan fingerprint density at radius 2 is 1.86 bits per heavy atom. The minimum Gasteiger partial charge on any atom is -0.424 e. The molecule has 1 rings (SSSR count). The Morgan fingerprint density at radius 3 is 2.50 bits per heavy atom. The third-order valence-corrected chi connectivity index (χ3v) is 4.44. The van der Waals surface area contributed by atoms with Gasteiger partial charge in [0.1, 0.15) is 10.3 Å². The van der Waals surface area contributed by atoms with Gasteiger partial charge in [0, 0.05) is 0 Å². The molecule has 0 amide bonds. The van der Waals surface area contributed by atoms with Crippen LogP contribution in [-0.4, -0.2) is 24.3 Å². The standard InChI is InChI=1S/C15H21ClO5S/c1-2-3-4-5-6-9-12(16)15(17)21-13-10-7-8-11-14(13)22(18,19)20/h7-8,10-12H,2-6,9H2,1H3,(H,18,19,20). The summed E-state index contributed by atoms with van der Waals surface area (Å²) in [5, 5.41) is -0.837. The van der Waals surface area contributed by atoms with Crippen LogP contribution in [0.5, 0.6) is 5.75 Å². The van der Waals surface area contributed by atoms with Gasteiger partial charge in [0.2, 0.25) is 0 Å². The fraction of sp³-hybridized carbons (Fsp3) is 0.533. The summed E-state index contributed by atoms with van der Waals surface area (Å²) >= 11 is 5.97. The molecule has 0 bridgehead atoms. The van der Waals surface area contributed by atoms with E-state index in [1.165, 1.54) is 18.2 Å². The molecular formula is C15H21ClO5S. The molecule has 1 aromatic carbocycles. The molecule has 0 aromatic heterocycles. The van der Waals surface area contributed by atoms with Gasteiger partial charge in [-0.05, 0) is 18.6 Å². The summed E-state index contributed by atoms with van der Waals surface area (Å²) in [6, 6.07) is 5.38. The largest absolute Gasteiger partial charge is 0.424 e. The van der Waals surface area contributed by atoms with Crippen LogP contribution >= 0.6 is 11.6 Å². The number of alkyl halides is 1. The van der Waals surface area contributed by atoms with Crippen LogP contribution in [0.2, 0.25) is 0 Å². The van der Waals surface area contributed by atoms with Crippen molar-refractivity contribution < 1.29 is 22.5 Å². The summed E-state index contributed by atoms with van der Waals surface area (Å²) < 4.78 is 36.5. The van der Waals surface area contributed by atoms with Crippen molar-refractivity contribution in [1.29, 1.82) is 0 Å². The predicted molar refractivity (Wildman–Crippen MR) is 84.9 cm³/mol. The van der Waals surface area contributed by atoms with E-state index in [2.05, 4.69) is 6.92 Å². The summed E-state index contributed by atoms with van der Waals surface area (Å²) in [6.07, 6.45) is 5.66. The predicted octanol–water partition coefficient (Wildman–Crippen LogP) is 3.81. The monoisotopic (exact) mass is 348 g/mol. The molecule has 0 heterocycles. The fourth-order valence-corrected chi connectivity index (χ4v) is 2.78. The Morgan fingerprint density at radius 1 is 1.23 bits per heavy atom. The van der Waals surface area contributed by atoms with Gasteiger partial charge in [0.25, 0.3) is 10.1 Å². The van der Waals surface area contributed by atoms with Gasteiger partial charge in [0.05, 0.1) is 0 Å². The third kappa shape index (κ3) is 6.34. The van der Waals surface area contributed by atoms with Gasteiger partial charge in [-0.2, -0.15) is 8.42 Å². The van der Waals surface area contributed by atoms with Crippen LogP contribution in [0.15, 0.2) is 29.2 Å². The molecule has 22 heavy (non-hydrogen) atoms. The lowest BCUT2D eigenvalue weighted by Crippen LogP contribution is -2.21. The lowest BCUT2D eigenvalue weighted by atomic mass is 10.1. The van der Waals surface area contributed by atoms with Gasteiger partial charge in [0.15, 0.2) is 5.75 Å². The smallest absolute Gasteiger partial charge is 0.329 e. The van der Waals surface area contributed by atoms with Gasteiger partial charge in [-0.1, -0.05) is 51.2 Å². The fourth-order valence-electron chi connectivity index (χ4n) is 1.96. The molecule has 1 atom stereocenters. The van der Waals surface area contributed by atoms with Crippen molar-refractivity contribution in [3.05, 3.63) is 24.3 Å². The molecular weight excluding hydrogens is 328 g/mol. The number of hydrogen-bond acceptors (Lipinski definition) is 4. The Kier molecular flexibility index (Phi) is 7.85. The number of rotatable bonds is 9. The van der Waals surface area contributed by atoms with Crippen LogP contribution in [0.4, 0.5) is 0 Å². The average molecular weight is 349 g/mol. The van der Waals surface area contributed by atoms with E-state index in [1.54, 1.807) is 0 Å². The van der Waals surface area contributed by atoms with Crippen molar-refractivity contribution >= 4 is 27.7 Å². The molecule has 0 aliphatic rings. The molecule has 0 fully saturated rings. The molecule has 0 spiro atoms. The summed E-state index contributed by atoms with van der Waals surface area (Å²) in [4.78, 5) is 11.4. The van der Waals surface area contributed by atoms with Crippen molar-refractivity contribution in [3.8, 4) is 5.75 Å². The van der Waals surface area contributed by atoms with Gasteiger partial charge in [-0.15, -0.1) is 11.6 Å².